The quantitative estimate of drug-likeness (QED) is 0.185. The van der Waals surface area contributed by atoms with E-state index in [9.17, 15) is 0 Å². The van der Waals surface area contributed by atoms with Crippen LogP contribution in [0.3, 0.4) is 0 Å². The average molecular weight is 200 g/mol. The van der Waals surface area contributed by atoms with Gasteiger partial charge in [-0.1, -0.05) is 5.04 Å². The standard InChI is InChI=1S/Mn.H3O4P.H2O3/c;1-5(2,3)4;1-3-2/h;(H3,1,2,3,4);1-2H/q+3;;/p-3. The molecule has 0 aliphatic rings. The van der Waals surface area contributed by atoms with Crippen LogP contribution in [-0.2, 0) is 26.7 Å². The molecule has 0 radical (unpaired) electrons. The molecule has 7 nitrogen and oxygen atoms in total. The summed E-state index contributed by atoms with van der Waals surface area (Å²) < 4.78 is 8.55. The summed E-state index contributed by atoms with van der Waals surface area (Å²) in [6, 6.07) is 0. The van der Waals surface area contributed by atoms with Gasteiger partial charge in [0.15, 0.2) is 0 Å². The van der Waals surface area contributed by atoms with Crippen molar-refractivity contribution in [2.45, 2.75) is 0 Å². The van der Waals surface area contributed by atoms with E-state index in [1.54, 1.807) is 0 Å². The smallest absolute Gasteiger partial charge is 0.822 e. The fraction of sp³-hybridized carbons (Fsp3) is 0. The molecular formula is H2MnO7P. The topological polar surface area (TPSA) is 136 Å². The van der Waals surface area contributed by atoms with Crippen molar-refractivity contribution in [3.8, 4) is 0 Å². The molecule has 0 unspecified atom stereocenters. The molecule has 0 aromatic heterocycles. The Kier molecular flexibility index (Phi) is 15.4. The van der Waals surface area contributed by atoms with Gasteiger partial charge in [-0.25, -0.2) is 10.5 Å². The fourth-order valence-electron chi connectivity index (χ4n) is 0. The zero-order valence-corrected chi connectivity index (χ0v) is 5.84. The Balaban J connectivity index is -0.0000000800. The molecule has 0 saturated carbocycles. The maximum absolute atomic E-state index is 8.55. The monoisotopic (exact) mass is 200 g/mol. The van der Waals surface area contributed by atoms with E-state index < -0.39 is 7.82 Å². The minimum atomic E-state index is -5.39. The maximum atomic E-state index is 8.55. The van der Waals surface area contributed by atoms with Crippen molar-refractivity contribution >= 4 is 7.82 Å². The van der Waals surface area contributed by atoms with Gasteiger partial charge >= 0.3 is 17.1 Å². The molecule has 2 N–H and O–H groups in total. The Bertz CT molecular complexity index is 64.7. The van der Waals surface area contributed by atoms with Crippen LogP contribution in [0, 0.1) is 0 Å². The van der Waals surface area contributed by atoms with Gasteiger partial charge in [0, 0.05) is 0 Å². The average Bonchev–Trinajstić information content (AvgIpc) is 1.27. The first-order valence-electron chi connectivity index (χ1n) is 1.10. The molecule has 56 valence electrons. The van der Waals surface area contributed by atoms with E-state index in [1.165, 1.54) is 0 Å². The number of rotatable bonds is 0. The molecule has 9 heteroatoms. The third kappa shape index (κ3) is 1390. The first-order valence-corrected chi connectivity index (χ1v) is 2.56. The third-order valence-electron chi connectivity index (χ3n) is 0. The predicted molar refractivity (Wildman–Crippen MR) is 13.9 cm³/mol. The molecule has 0 amide bonds. The first-order chi connectivity index (χ1) is 3.41. The van der Waals surface area contributed by atoms with Gasteiger partial charge in [-0.2, -0.15) is 7.82 Å². The maximum Gasteiger partial charge on any atom is 3.00 e. The molecule has 0 aromatic rings. The van der Waals surface area contributed by atoms with Gasteiger partial charge in [-0.3, -0.25) is 0 Å². The van der Waals surface area contributed by atoms with Gasteiger partial charge in [0.25, 0.3) is 0 Å². The van der Waals surface area contributed by atoms with E-state index in [0.717, 1.165) is 0 Å². The van der Waals surface area contributed by atoms with E-state index in [4.69, 9.17) is 29.8 Å². The van der Waals surface area contributed by atoms with Gasteiger partial charge in [-0.05, 0) is 0 Å². The van der Waals surface area contributed by atoms with Crippen molar-refractivity contribution in [2.75, 3.05) is 0 Å². The third-order valence-corrected chi connectivity index (χ3v) is 0. The molecular weight excluding hydrogens is 198 g/mol. The SMILES string of the molecule is O=P([O-])([O-])[O-].OOO.[Mn+3]. The second-order valence-corrected chi connectivity index (χ2v) is 1.42. The minimum absolute atomic E-state index is 0. The van der Waals surface area contributed by atoms with E-state index in [2.05, 4.69) is 5.04 Å². The summed E-state index contributed by atoms with van der Waals surface area (Å²) in [5.41, 5.74) is 0. The van der Waals surface area contributed by atoms with Crippen LogP contribution in [0.5, 0.6) is 0 Å². The van der Waals surface area contributed by atoms with Crippen LogP contribution in [0.1, 0.15) is 0 Å². The molecule has 9 heavy (non-hydrogen) atoms. The summed E-state index contributed by atoms with van der Waals surface area (Å²) in [6.45, 7) is 0. The van der Waals surface area contributed by atoms with E-state index in [0.29, 0.717) is 0 Å². The molecule has 0 aromatic carbocycles. The Labute approximate surface area is 60.5 Å². The van der Waals surface area contributed by atoms with Crippen molar-refractivity contribution in [1.29, 1.82) is 0 Å². The molecule has 0 saturated heterocycles. The zero-order valence-electron chi connectivity index (χ0n) is 3.76. The van der Waals surface area contributed by atoms with Crippen LogP contribution in [0.4, 0.5) is 0 Å². The molecule has 0 fully saturated rings. The summed E-state index contributed by atoms with van der Waals surface area (Å²) in [6.07, 6.45) is 0. The number of hydrogen-bond donors (Lipinski definition) is 2. The van der Waals surface area contributed by atoms with Crippen LogP contribution in [0.2, 0.25) is 0 Å². The summed E-state index contributed by atoms with van der Waals surface area (Å²) >= 11 is 0. The van der Waals surface area contributed by atoms with Gasteiger partial charge < -0.3 is 19.2 Å². The molecule has 0 aliphatic carbocycles. The normalized spacial score (nSPS) is 8.56. The van der Waals surface area contributed by atoms with E-state index >= 15 is 0 Å². The second kappa shape index (κ2) is 8.51. The Hall–Kier alpha value is 0.509. The summed E-state index contributed by atoms with van der Waals surface area (Å²) in [4.78, 5) is 25.6. The molecule has 0 atom stereocenters. The predicted octanol–water partition coefficient (Wildman–Crippen LogP) is -2.88. The van der Waals surface area contributed by atoms with Gasteiger partial charge in [-0.15, -0.1) is 0 Å². The number of hydrogen-bond acceptors (Lipinski definition) is 7. The zero-order chi connectivity index (χ0) is 7.21. The number of phosphoric acid groups is 1. The molecule has 0 spiro atoms. The van der Waals surface area contributed by atoms with Crippen molar-refractivity contribution in [2.24, 2.45) is 0 Å². The molecule has 0 heterocycles. The molecule has 0 rings (SSSR count). The summed E-state index contributed by atoms with van der Waals surface area (Å²) in [7, 11) is -5.39. The Morgan fingerprint density at radius 2 is 1.22 bits per heavy atom. The van der Waals surface area contributed by atoms with Crippen LogP contribution in [-0.4, -0.2) is 10.5 Å². The van der Waals surface area contributed by atoms with E-state index in [1.807, 2.05) is 0 Å². The van der Waals surface area contributed by atoms with Crippen molar-refractivity contribution in [3.05, 3.63) is 0 Å². The minimum Gasteiger partial charge on any atom is -0.822 e. The van der Waals surface area contributed by atoms with Crippen LogP contribution < -0.4 is 14.7 Å². The first kappa shape index (κ1) is 16.3. The molecule has 0 bridgehead atoms. The van der Waals surface area contributed by atoms with Crippen molar-refractivity contribution in [1.82, 2.24) is 0 Å². The summed E-state index contributed by atoms with van der Waals surface area (Å²) in [5, 5.41) is 15.5. The van der Waals surface area contributed by atoms with Gasteiger partial charge in [0.05, 0.1) is 0 Å². The Morgan fingerprint density at radius 1 is 1.22 bits per heavy atom. The Morgan fingerprint density at radius 3 is 1.22 bits per heavy atom. The van der Waals surface area contributed by atoms with Gasteiger partial charge in [0.1, 0.15) is 0 Å². The summed E-state index contributed by atoms with van der Waals surface area (Å²) in [5.74, 6) is 0. The fourth-order valence-corrected chi connectivity index (χ4v) is 0. The largest absolute Gasteiger partial charge is 3.00 e. The van der Waals surface area contributed by atoms with E-state index in [-0.39, 0.29) is 17.1 Å². The van der Waals surface area contributed by atoms with Crippen molar-refractivity contribution in [3.63, 3.8) is 0 Å². The molecule has 0 aliphatic heterocycles. The van der Waals surface area contributed by atoms with Crippen LogP contribution >= 0.6 is 7.82 Å². The van der Waals surface area contributed by atoms with Crippen LogP contribution in [0.15, 0.2) is 0 Å². The van der Waals surface area contributed by atoms with Crippen molar-refractivity contribution < 1.29 is 51.9 Å². The second-order valence-electron chi connectivity index (χ2n) is 0.529. The van der Waals surface area contributed by atoms with Gasteiger partial charge in [0.2, 0.25) is 0 Å². The van der Waals surface area contributed by atoms with Crippen LogP contribution in [0.25, 0.3) is 0 Å².